The summed E-state index contributed by atoms with van der Waals surface area (Å²) in [5, 5.41) is 4.37. The largest absolute Gasteiger partial charge is 0.484 e. The van der Waals surface area contributed by atoms with E-state index in [0.717, 1.165) is 6.42 Å². The second-order valence-corrected chi connectivity index (χ2v) is 6.38. The summed E-state index contributed by atoms with van der Waals surface area (Å²) in [7, 11) is 0. The molecule has 6 heteroatoms. The molecule has 0 saturated heterocycles. The van der Waals surface area contributed by atoms with Gasteiger partial charge in [-0.25, -0.2) is 4.68 Å². The molecule has 4 rings (SSSR count). The fourth-order valence-corrected chi connectivity index (χ4v) is 3.40. The maximum atomic E-state index is 12.8. The molecule has 0 N–H and O–H groups in total. The van der Waals surface area contributed by atoms with Gasteiger partial charge in [0, 0.05) is 6.04 Å². The SMILES string of the molecule is C[C@H]1C[C@@H](c2ccccc2)n2ncnc2N1C(=O)COc1ccccc1. The molecular formula is C20H20N4O2. The van der Waals surface area contributed by atoms with Crippen molar-refractivity contribution in [1.29, 1.82) is 0 Å². The van der Waals surface area contributed by atoms with E-state index in [9.17, 15) is 4.79 Å². The molecule has 0 radical (unpaired) electrons. The number of rotatable bonds is 4. The van der Waals surface area contributed by atoms with Gasteiger partial charge in [0.05, 0.1) is 6.04 Å². The number of anilines is 1. The summed E-state index contributed by atoms with van der Waals surface area (Å²) in [4.78, 5) is 18.8. The lowest BCUT2D eigenvalue weighted by Gasteiger charge is -2.37. The zero-order valence-corrected chi connectivity index (χ0v) is 14.5. The smallest absolute Gasteiger partial charge is 0.267 e. The zero-order valence-electron chi connectivity index (χ0n) is 14.5. The second-order valence-electron chi connectivity index (χ2n) is 6.38. The van der Waals surface area contributed by atoms with Crippen LogP contribution < -0.4 is 9.64 Å². The number of fused-ring (bicyclic) bond motifs is 1. The van der Waals surface area contributed by atoms with Crippen LogP contribution in [0.25, 0.3) is 0 Å². The fraction of sp³-hybridized carbons (Fsp3) is 0.250. The van der Waals surface area contributed by atoms with Crippen molar-refractivity contribution in [2.24, 2.45) is 0 Å². The highest BCUT2D eigenvalue weighted by molar-refractivity contribution is 5.93. The van der Waals surface area contributed by atoms with E-state index in [-0.39, 0.29) is 24.6 Å². The quantitative estimate of drug-likeness (QED) is 0.727. The summed E-state index contributed by atoms with van der Waals surface area (Å²) in [5.41, 5.74) is 1.17. The highest BCUT2D eigenvalue weighted by Crippen LogP contribution is 2.34. The van der Waals surface area contributed by atoms with Gasteiger partial charge in [-0.1, -0.05) is 48.5 Å². The molecule has 2 aromatic carbocycles. The maximum absolute atomic E-state index is 12.8. The van der Waals surface area contributed by atoms with Crippen molar-refractivity contribution >= 4 is 11.9 Å². The number of para-hydroxylation sites is 1. The Morgan fingerprint density at radius 1 is 1.12 bits per heavy atom. The summed E-state index contributed by atoms with van der Waals surface area (Å²) in [6.07, 6.45) is 2.28. The fourth-order valence-electron chi connectivity index (χ4n) is 3.40. The van der Waals surface area contributed by atoms with Gasteiger partial charge in [0.2, 0.25) is 5.95 Å². The third kappa shape index (κ3) is 3.06. The van der Waals surface area contributed by atoms with Crippen molar-refractivity contribution in [2.75, 3.05) is 11.5 Å². The van der Waals surface area contributed by atoms with Crippen LogP contribution in [-0.4, -0.2) is 33.3 Å². The normalized spacial score (nSPS) is 19.0. The molecule has 0 bridgehead atoms. The summed E-state index contributed by atoms with van der Waals surface area (Å²) in [6.45, 7) is 2.01. The molecule has 1 aromatic heterocycles. The van der Waals surface area contributed by atoms with Crippen LogP contribution in [0.4, 0.5) is 5.95 Å². The Bertz CT molecular complexity index is 879. The van der Waals surface area contributed by atoms with E-state index in [1.807, 2.05) is 60.1 Å². The van der Waals surface area contributed by atoms with Crippen molar-refractivity contribution in [1.82, 2.24) is 14.8 Å². The molecular weight excluding hydrogens is 328 g/mol. The molecule has 0 aliphatic carbocycles. The van der Waals surface area contributed by atoms with Gasteiger partial charge in [0.25, 0.3) is 5.91 Å². The number of amides is 1. The van der Waals surface area contributed by atoms with Gasteiger partial charge in [-0.3, -0.25) is 9.69 Å². The van der Waals surface area contributed by atoms with E-state index in [0.29, 0.717) is 11.7 Å². The van der Waals surface area contributed by atoms with Crippen LogP contribution in [0.1, 0.15) is 24.9 Å². The van der Waals surface area contributed by atoms with E-state index < -0.39 is 0 Å². The third-order valence-electron chi connectivity index (χ3n) is 4.63. The topological polar surface area (TPSA) is 60.2 Å². The number of hydrogen-bond donors (Lipinski definition) is 0. The van der Waals surface area contributed by atoms with Gasteiger partial charge in [-0.2, -0.15) is 10.1 Å². The maximum Gasteiger partial charge on any atom is 0.267 e. The van der Waals surface area contributed by atoms with Crippen molar-refractivity contribution in [3.05, 3.63) is 72.6 Å². The molecule has 1 aliphatic rings. The minimum absolute atomic E-state index is 0.00350. The molecule has 26 heavy (non-hydrogen) atoms. The van der Waals surface area contributed by atoms with E-state index in [1.165, 1.54) is 11.9 Å². The van der Waals surface area contributed by atoms with E-state index in [1.54, 1.807) is 4.90 Å². The third-order valence-corrected chi connectivity index (χ3v) is 4.63. The van der Waals surface area contributed by atoms with Gasteiger partial charge in [-0.15, -0.1) is 0 Å². The van der Waals surface area contributed by atoms with Gasteiger partial charge >= 0.3 is 0 Å². The molecule has 0 spiro atoms. The van der Waals surface area contributed by atoms with Crippen molar-refractivity contribution in [3.8, 4) is 5.75 Å². The molecule has 0 saturated carbocycles. The average Bonchev–Trinajstić information content (AvgIpc) is 3.16. The van der Waals surface area contributed by atoms with Gasteiger partial charge < -0.3 is 4.74 Å². The molecule has 1 amide bonds. The van der Waals surface area contributed by atoms with Crippen LogP contribution in [0.2, 0.25) is 0 Å². The number of carbonyl (C=O) groups excluding carboxylic acids is 1. The first-order valence-electron chi connectivity index (χ1n) is 8.68. The Balaban J connectivity index is 1.56. The minimum atomic E-state index is -0.123. The first-order chi connectivity index (χ1) is 12.7. The van der Waals surface area contributed by atoms with Crippen LogP contribution in [-0.2, 0) is 4.79 Å². The summed E-state index contributed by atoms with van der Waals surface area (Å²) in [6, 6.07) is 19.6. The molecule has 3 aromatic rings. The highest BCUT2D eigenvalue weighted by Gasteiger charge is 2.36. The Morgan fingerprint density at radius 3 is 2.54 bits per heavy atom. The predicted octanol–water partition coefficient (Wildman–Crippen LogP) is 3.07. The Morgan fingerprint density at radius 2 is 1.81 bits per heavy atom. The van der Waals surface area contributed by atoms with Crippen LogP contribution >= 0.6 is 0 Å². The number of benzene rings is 2. The van der Waals surface area contributed by atoms with Crippen molar-refractivity contribution in [2.45, 2.75) is 25.4 Å². The lowest BCUT2D eigenvalue weighted by molar-refractivity contribution is -0.121. The van der Waals surface area contributed by atoms with Gasteiger partial charge in [0.15, 0.2) is 6.61 Å². The standard InChI is InChI=1S/C20H20N4O2/c1-15-12-18(16-8-4-2-5-9-16)24-20(21-14-22-24)23(15)19(25)13-26-17-10-6-3-7-11-17/h2-11,14-15,18H,12-13H2,1H3/t15-,18-/m0/s1. The van der Waals surface area contributed by atoms with Crippen molar-refractivity contribution < 1.29 is 9.53 Å². The monoisotopic (exact) mass is 348 g/mol. The molecule has 6 nitrogen and oxygen atoms in total. The predicted molar refractivity (Wildman–Crippen MR) is 98.1 cm³/mol. The molecule has 2 atom stereocenters. The lowest BCUT2D eigenvalue weighted by atomic mass is 9.97. The molecule has 2 heterocycles. The van der Waals surface area contributed by atoms with Gasteiger partial charge in [-0.05, 0) is 31.0 Å². The van der Waals surface area contributed by atoms with E-state index in [4.69, 9.17) is 4.74 Å². The summed E-state index contributed by atoms with van der Waals surface area (Å²) in [5.74, 6) is 1.12. The van der Waals surface area contributed by atoms with Crippen LogP contribution in [0.15, 0.2) is 67.0 Å². The molecule has 1 aliphatic heterocycles. The van der Waals surface area contributed by atoms with Crippen LogP contribution in [0.3, 0.4) is 0 Å². The second kappa shape index (κ2) is 7.00. The number of aromatic nitrogens is 3. The lowest BCUT2D eigenvalue weighted by Crippen LogP contribution is -2.47. The summed E-state index contributed by atoms with van der Waals surface area (Å²) >= 11 is 0. The number of carbonyl (C=O) groups is 1. The van der Waals surface area contributed by atoms with Crippen LogP contribution in [0, 0.1) is 0 Å². The van der Waals surface area contributed by atoms with Crippen molar-refractivity contribution in [3.63, 3.8) is 0 Å². The first kappa shape index (κ1) is 16.3. The first-order valence-corrected chi connectivity index (χ1v) is 8.68. The molecule has 0 fully saturated rings. The Kier molecular flexibility index (Phi) is 4.39. The Hall–Kier alpha value is -3.15. The van der Waals surface area contributed by atoms with Gasteiger partial charge in [0.1, 0.15) is 12.1 Å². The number of nitrogens with zero attached hydrogens (tertiary/aromatic N) is 4. The number of ether oxygens (including phenoxy) is 1. The average molecular weight is 348 g/mol. The molecule has 0 unspecified atom stereocenters. The highest BCUT2D eigenvalue weighted by atomic mass is 16.5. The zero-order chi connectivity index (χ0) is 17.9. The van der Waals surface area contributed by atoms with E-state index in [2.05, 4.69) is 22.2 Å². The molecule has 132 valence electrons. The number of hydrogen-bond acceptors (Lipinski definition) is 4. The van der Waals surface area contributed by atoms with Crippen LogP contribution in [0.5, 0.6) is 5.75 Å². The van der Waals surface area contributed by atoms with E-state index >= 15 is 0 Å². The Labute approximate surface area is 152 Å². The minimum Gasteiger partial charge on any atom is -0.484 e. The summed E-state index contributed by atoms with van der Waals surface area (Å²) < 4.78 is 7.45.